The Morgan fingerprint density at radius 2 is 2.05 bits per heavy atom. The Morgan fingerprint density at radius 1 is 1.38 bits per heavy atom. The molecule has 3 heterocycles. The molecule has 0 aliphatic carbocycles. The molecule has 0 unspecified atom stereocenters. The number of aromatic nitrogens is 2. The van der Waals surface area contributed by atoms with E-state index in [0.29, 0.717) is 42.0 Å². The lowest BCUT2D eigenvalue weighted by Crippen LogP contribution is -2.42. The van der Waals surface area contributed by atoms with Crippen LogP contribution in [0.2, 0.25) is 5.02 Å². The number of H-pyrrole nitrogens is 1. The smallest absolute Gasteiger partial charge is 0.245 e. The summed E-state index contributed by atoms with van der Waals surface area (Å²) in [6, 6.07) is 1.66. The summed E-state index contributed by atoms with van der Waals surface area (Å²) in [5, 5.41) is 0.826. The van der Waals surface area contributed by atoms with Crippen LogP contribution in [-0.2, 0) is 10.0 Å². The Labute approximate surface area is 134 Å². The van der Waals surface area contributed by atoms with E-state index in [1.807, 2.05) is 0 Å². The highest BCUT2D eigenvalue weighted by Gasteiger charge is 2.31. The summed E-state index contributed by atoms with van der Waals surface area (Å²) >= 11 is 6.11. The average molecular weight is 351 g/mol. The van der Waals surface area contributed by atoms with E-state index >= 15 is 0 Å². The molecule has 2 aromatic rings. The zero-order valence-corrected chi connectivity index (χ0v) is 13.5. The third-order valence-corrected chi connectivity index (χ3v) is 5.84. The van der Waals surface area contributed by atoms with Crippen molar-refractivity contribution in [2.45, 2.75) is 23.8 Å². The van der Waals surface area contributed by atoms with E-state index in [0.717, 1.165) is 0 Å². The molecule has 0 amide bonds. The van der Waals surface area contributed by atoms with Gasteiger partial charge in [-0.2, -0.15) is 4.31 Å². The summed E-state index contributed by atoms with van der Waals surface area (Å²) in [6.45, 7) is 0.877. The largest absolute Gasteiger partial charge is 0.345 e. The molecule has 1 saturated heterocycles. The van der Waals surface area contributed by atoms with Gasteiger partial charge in [0.25, 0.3) is 0 Å². The summed E-state index contributed by atoms with van der Waals surface area (Å²) < 4.78 is 26.9. The first-order valence-corrected chi connectivity index (χ1v) is 8.19. The second-order valence-electron chi connectivity index (χ2n) is 4.91. The number of rotatable bonds is 2. The predicted molar refractivity (Wildman–Crippen MR) is 84.3 cm³/mol. The van der Waals surface area contributed by atoms with Gasteiger partial charge in [0, 0.05) is 31.5 Å². The highest BCUT2D eigenvalue weighted by atomic mass is 35.5. The van der Waals surface area contributed by atoms with Crippen LogP contribution in [-0.4, -0.2) is 41.8 Å². The predicted octanol–water partition coefficient (Wildman–Crippen LogP) is 1.75. The molecule has 3 rings (SSSR count). The average Bonchev–Trinajstić information content (AvgIpc) is 2.85. The summed E-state index contributed by atoms with van der Waals surface area (Å²) in [4.78, 5) is 7.13. The molecule has 9 heteroatoms. The lowest BCUT2D eigenvalue weighted by molar-refractivity contribution is 0.320. The molecule has 0 saturated carbocycles. The third kappa shape index (κ3) is 2.89. The molecule has 1 aliphatic rings. The van der Waals surface area contributed by atoms with Crippen LogP contribution in [0.1, 0.15) is 12.8 Å². The lowest BCUT2D eigenvalue weighted by atomic mass is 10.1. The normalized spacial score (nSPS) is 17.8. The van der Waals surface area contributed by atoms with Gasteiger partial charge in [-0.25, -0.2) is 13.4 Å². The molecule has 2 aromatic heterocycles. The summed E-state index contributed by atoms with van der Waals surface area (Å²) in [7, 11) is -3.57. The van der Waals surface area contributed by atoms with Crippen LogP contribution in [0.3, 0.4) is 0 Å². The Bertz CT molecular complexity index is 739. The molecule has 0 atom stereocenters. The molecular formula is C12H16Cl2N4O2S. The first kappa shape index (κ1) is 16.5. The Morgan fingerprint density at radius 3 is 2.71 bits per heavy atom. The molecule has 0 aromatic carbocycles. The molecule has 116 valence electrons. The van der Waals surface area contributed by atoms with Gasteiger partial charge >= 0.3 is 0 Å². The number of aromatic amines is 1. The van der Waals surface area contributed by atoms with Crippen LogP contribution in [0.25, 0.3) is 11.0 Å². The quantitative estimate of drug-likeness (QED) is 0.862. The Kier molecular flexibility index (Phi) is 4.79. The number of nitrogens with two attached hydrogens (primary N) is 1. The monoisotopic (exact) mass is 350 g/mol. The van der Waals surface area contributed by atoms with Crippen molar-refractivity contribution in [2.24, 2.45) is 5.73 Å². The van der Waals surface area contributed by atoms with Gasteiger partial charge in [-0.15, -0.1) is 12.4 Å². The van der Waals surface area contributed by atoms with Gasteiger partial charge in [-0.05, 0) is 18.9 Å². The summed E-state index contributed by atoms with van der Waals surface area (Å²) in [5.41, 5.74) is 6.29. The van der Waals surface area contributed by atoms with Crippen molar-refractivity contribution in [3.63, 3.8) is 0 Å². The van der Waals surface area contributed by atoms with Gasteiger partial charge < -0.3 is 10.7 Å². The minimum Gasteiger partial charge on any atom is -0.345 e. The van der Waals surface area contributed by atoms with Gasteiger partial charge in [0.05, 0.1) is 10.4 Å². The van der Waals surface area contributed by atoms with Gasteiger partial charge in [0.1, 0.15) is 10.5 Å². The number of nitrogens with zero attached hydrogens (tertiary/aromatic N) is 2. The maximum atomic E-state index is 12.7. The van der Waals surface area contributed by atoms with Crippen LogP contribution in [0.5, 0.6) is 0 Å². The number of hydrogen-bond acceptors (Lipinski definition) is 4. The highest BCUT2D eigenvalue weighted by molar-refractivity contribution is 7.89. The van der Waals surface area contributed by atoms with Crippen molar-refractivity contribution in [3.8, 4) is 0 Å². The number of hydrogen-bond donors (Lipinski definition) is 2. The number of halogens is 2. The standard InChI is InChI=1S/C12H15ClN4O2S.ClH/c13-9-1-4-15-12-11(9)10(7-16-12)20(18,19)17-5-2-8(14)3-6-17;/h1,4,7-8H,2-3,5-6,14H2,(H,15,16);1H. The van der Waals surface area contributed by atoms with Crippen molar-refractivity contribution in [2.75, 3.05) is 13.1 Å². The van der Waals surface area contributed by atoms with Crippen LogP contribution >= 0.6 is 24.0 Å². The third-order valence-electron chi connectivity index (χ3n) is 3.60. The summed E-state index contributed by atoms with van der Waals surface area (Å²) in [5.74, 6) is 0. The van der Waals surface area contributed by atoms with Gasteiger partial charge in [-0.3, -0.25) is 0 Å². The van der Waals surface area contributed by atoms with E-state index in [9.17, 15) is 8.42 Å². The van der Waals surface area contributed by atoms with Crippen LogP contribution in [0, 0.1) is 0 Å². The number of sulfonamides is 1. The maximum Gasteiger partial charge on any atom is 0.245 e. The van der Waals surface area contributed by atoms with Gasteiger partial charge in [0.15, 0.2) is 0 Å². The van der Waals surface area contributed by atoms with Gasteiger partial charge in [-0.1, -0.05) is 11.6 Å². The first-order valence-electron chi connectivity index (χ1n) is 6.37. The lowest BCUT2D eigenvalue weighted by Gasteiger charge is -2.29. The number of pyridine rings is 1. The van der Waals surface area contributed by atoms with Crippen LogP contribution in [0.15, 0.2) is 23.4 Å². The first-order chi connectivity index (χ1) is 9.50. The van der Waals surface area contributed by atoms with Crippen molar-refractivity contribution >= 4 is 45.1 Å². The Hall–Kier alpha value is -0.860. The maximum absolute atomic E-state index is 12.7. The number of nitrogens with one attached hydrogen (secondary N) is 1. The molecule has 3 N–H and O–H groups in total. The molecule has 1 aliphatic heterocycles. The zero-order valence-electron chi connectivity index (χ0n) is 11.1. The van der Waals surface area contributed by atoms with Gasteiger partial charge in [0.2, 0.25) is 10.0 Å². The minimum atomic E-state index is -3.57. The Balaban J connectivity index is 0.00000161. The molecule has 0 bridgehead atoms. The number of fused-ring (bicyclic) bond motifs is 1. The highest BCUT2D eigenvalue weighted by Crippen LogP contribution is 2.31. The number of piperidine rings is 1. The van der Waals surface area contributed by atoms with E-state index in [2.05, 4.69) is 9.97 Å². The molecule has 6 nitrogen and oxygen atoms in total. The molecule has 0 spiro atoms. The van der Waals surface area contributed by atoms with Crippen LogP contribution < -0.4 is 5.73 Å². The van der Waals surface area contributed by atoms with Crippen molar-refractivity contribution in [3.05, 3.63) is 23.5 Å². The zero-order chi connectivity index (χ0) is 14.3. The minimum absolute atomic E-state index is 0. The van der Waals surface area contributed by atoms with Crippen molar-refractivity contribution in [1.29, 1.82) is 0 Å². The SMILES string of the molecule is Cl.NC1CCN(S(=O)(=O)c2c[nH]c3nccc(Cl)c23)CC1. The molecule has 21 heavy (non-hydrogen) atoms. The van der Waals surface area contributed by atoms with Crippen molar-refractivity contribution < 1.29 is 8.42 Å². The van der Waals surface area contributed by atoms with E-state index in [-0.39, 0.29) is 23.3 Å². The fourth-order valence-electron chi connectivity index (χ4n) is 2.45. The van der Waals surface area contributed by atoms with Crippen molar-refractivity contribution in [1.82, 2.24) is 14.3 Å². The molecule has 0 radical (unpaired) electrons. The van der Waals surface area contributed by atoms with E-state index in [4.69, 9.17) is 17.3 Å². The van der Waals surface area contributed by atoms with E-state index < -0.39 is 10.0 Å². The fraction of sp³-hybridized carbons (Fsp3) is 0.417. The second-order valence-corrected chi connectivity index (χ2v) is 7.22. The summed E-state index contributed by atoms with van der Waals surface area (Å²) in [6.07, 6.45) is 4.34. The van der Waals surface area contributed by atoms with E-state index in [1.165, 1.54) is 16.7 Å². The van der Waals surface area contributed by atoms with Crippen LogP contribution in [0.4, 0.5) is 0 Å². The van der Waals surface area contributed by atoms with E-state index in [1.54, 1.807) is 6.07 Å². The topological polar surface area (TPSA) is 92.1 Å². The molecular weight excluding hydrogens is 335 g/mol. The molecule has 1 fully saturated rings. The fourth-order valence-corrected chi connectivity index (χ4v) is 4.39. The second kappa shape index (κ2) is 6.10.